The van der Waals surface area contributed by atoms with Crippen LogP contribution in [0.25, 0.3) is 0 Å². The van der Waals surface area contributed by atoms with Crippen molar-refractivity contribution in [2.75, 3.05) is 6.54 Å². The molecule has 0 atom stereocenters. The van der Waals surface area contributed by atoms with E-state index in [1.54, 1.807) is 0 Å². The fourth-order valence-electron chi connectivity index (χ4n) is 4.94. The molecule has 0 aromatic rings. The molecule has 22 heavy (non-hydrogen) atoms. The molecule has 4 saturated carbocycles. The predicted octanol–water partition coefficient (Wildman–Crippen LogP) is 2.74. The van der Waals surface area contributed by atoms with Crippen LogP contribution in [0.2, 0.25) is 0 Å². The number of rotatable bonds is 7. The average Bonchev–Trinajstić information content (AvgIpc) is 2.42. The van der Waals surface area contributed by atoms with E-state index in [0.29, 0.717) is 17.8 Å². The zero-order chi connectivity index (χ0) is 16.0. The van der Waals surface area contributed by atoms with Gasteiger partial charge in [0.15, 0.2) is 0 Å². The van der Waals surface area contributed by atoms with E-state index < -0.39 is 26.7 Å². The average molecular weight is 359 g/mol. The molecule has 4 aliphatic carbocycles. The summed E-state index contributed by atoms with van der Waals surface area (Å²) in [6.07, 6.45) is 6.32. The SMILES string of the molecule is O=S(=O)(NCC12CC3CC(CC(C3)C1)C2)C(F)(F)SOOO. The van der Waals surface area contributed by atoms with E-state index in [1.165, 1.54) is 19.3 Å². The summed E-state index contributed by atoms with van der Waals surface area (Å²) in [4.78, 5) is 0. The van der Waals surface area contributed by atoms with Gasteiger partial charge in [-0.3, -0.25) is 0 Å². The molecule has 4 aliphatic rings. The lowest BCUT2D eigenvalue weighted by Gasteiger charge is -2.56. The standard InChI is InChI=1S/C12H19F2NO5S2/c13-12(14,21-20-19-16)22(17,18)15-7-11-4-8-1-9(5-11)3-10(2-8)6-11/h8-10,15-16H,1-7H2. The predicted molar refractivity (Wildman–Crippen MR) is 74.9 cm³/mol. The fraction of sp³-hybridized carbons (Fsp3) is 1.00. The third-order valence-corrected chi connectivity index (χ3v) is 7.61. The fourth-order valence-corrected chi connectivity index (χ4v) is 6.33. The summed E-state index contributed by atoms with van der Waals surface area (Å²) >= 11 is -0.753. The van der Waals surface area contributed by atoms with E-state index in [1.807, 2.05) is 4.72 Å². The van der Waals surface area contributed by atoms with E-state index in [4.69, 9.17) is 5.26 Å². The first-order chi connectivity index (χ1) is 10.3. The number of hydrogen-bond acceptors (Lipinski definition) is 6. The Labute approximate surface area is 132 Å². The second-order valence-corrected chi connectivity index (χ2v) is 9.81. The van der Waals surface area contributed by atoms with Gasteiger partial charge in [-0.05, 0) is 61.7 Å². The van der Waals surface area contributed by atoms with Gasteiger partial charge in [-0.15, -0.1) is 4.33 Å². The first-order valence-electron chi connectivity index (χ1n) is 7.28. The largest absolute Gasteiger partial charge is 0.433 e. The molecule has 4 fully saturated rings. The Bertz CT molecular complexity index is 492. The number of sulfonamides is 1. The quantitative estimate of drug-likeness (QED) is 0.413. The van der Waals surface area contributed by atoms with Crippen LogP contribution in [0.5, 0.6) is 0 Å². The lowest BCUT2D eigenvalue weighted by molar-refractivity contribution is -0.433. The summed E-state index contributed by atoms with van der Waals surface area (Å²) in [5.41, 5.74) is -0.184. The van der Waals surface area contributed by atoms with E-state index in [9.17, 15) is 17.2 Å². The maximum absolute atomic E-state index is 13.5. The molecule has 0 amide bonds. The van der Waals surface area contributed by atoms with Crippen LogP contribution in [-0.2, 0) is 19.4 Å². The van der Waals surface area contributed by atoms with Crippen molar-refractivity contribution in [1.29, 1.82) is 0 Å². The Morgan fingerprint density at radius 1 is 1.18 bits per heavy atom. The molecular weight excluding hydrogens is 340 g/mol. The van der Waals surface area contributed by atoms with Crippen LogP contribution in [-0.4, -0.2) is 24.8 Å². The molecule has 0 aromatic carbocycles. The Morgan fingerprint density at radius 3 is 2.14 bits per heavy atom. The smallest absolute Gasteiger partial charge is 0.220 e. The monoisotopic (exact) mass is 359 g/mol. The van der Waals surface area contributed by atoms with E-state index in [-0.39, 0.29) is 12.0 Å². The summed E-state index contributed by atoms with van der Waals surface area (Å²) in [7, 11) is -4.91. The van der Waals surface area contributed by atoms with E-state index in [0.717, 1.165) is 19.3 Å². The van der Waals surface area contributed by atoms with Gasteiger partial charge in [0.2, 0.25) is 0 Å². The van der Waals surface area contributed by atoms with Crippen molar-refractivity contribution in [1.82, 2.24) is 4.72 Å². The molecule has 0 spiro atoms. The van der Waals surface area contributed by atoms with Gasteiger partial charge in [-0.1, -0.05) is 5.04 Å². The zero-order valence-corrected chi connectivity index (χ0v) is 13.5. The minimum atomic E-state index is -4.91. The summed E-state index contributed by atoms with van der Waals surface area (Å²) in [6.45, 7) is 0.0367. The van der Waals surface area contributed by atoms with Gasteiger partial charge in [0, 0.05) is 6.54 Å². The highest BCUT2D eigenvalue weighted by atomic mass is 32.3. The summed E-state index contributed by atoms with van der Waals surface area (Å²) in [5.74, 6) is 1.82. The van der Waals surface area contributed by atoms with Crippen LogP contribution in [0.1, 0.15) is 38.5 Å². The highest BCUT2D eigenvalue weighted by Crippen LogP contribution is 2.59. The van der Waals surface area contributed by atoms with Gasteiger partial charge in [-0.2, -0.15) is 8.78 Å². The first-order valence-corrected chi connectivity index (χ1v) is 9.51. The Morgan fingerprint density at radius 2 is 1.68 bits per heavy atom. The molecule has 10 heteroatoms. The number of halogens is 2. The van der Waals surface area contributed by atoms with Crippen molar-refractivity contribution in [3.05, 3.63) is 0 Å². The van der Waals surface area contributed by atoms with Gasteiger partial charge in [0.05, 0.1) is 0 Å². The lowest BCUT2D eigenvalue weighted by Crippen LogP contribution is -2.52. The van der Waals surface area contributed by atoms with Crippen molar-refractivity contribution >= 4 is 22.1 Å². The topological polar surface area (TPSA) is 84.9 Å². The van der Waals surface area contributed by atoms with Crippen molar-refractivity contribution in [2.45, 2.75) is 43.1 Å². The van der Waals surface area contributed by atoms with Crippen LogP contribution in [0.3, 0.4) is 0 Å². The normalized spacial score (nSPS) is 37.7. The number of hydrogen-bond donors (Lipinski definition) is 2. The molecule has 2 N–H and O–H groups in total. The van der Waals surface area contributed by atoms with Crippen LogP contribution < -0.4 is 4.72 Å². The minimum absolute atomic E-state index is 0.0367. The summed E-state index contributed by atoms with van der Waals surface area (Å²) in [6, 6.07) is 0. The second kappa shape index (κ2) is 5.82. The highest BCUT2D eigenvalue weighted by Gasteiger charge is 2.53. The third kappa shape index (κ3) is 3.13. The van der Waals surface area contributed by atoms with E-state index in [2.05, 4.69) is 9.37 Å². The number of nitrogens with one attached hydrogen (secondary N) is 1. The zero-order valence-electron chi connectivity index (χ0n) is 11.8. The molecule has 128 valence electrons. The third-order valence-electron chi connectivity index (χ3n) is 5.28. The summed E-state index contributed by atoms with van der Waals surface area (Å²) < 4.78 is 52.0. The second-order valence-electron chi connectivity index (χ2n) is 6.93. The van der Waals surface area contributed by atoms with Crippen molar-refractivity contribution < 1.29 is 31.8 Å². The van der Waals surface area contributed by atoms with Crippen LogP contribution in [0.4, 0.5) is 8.78 Å². The molecule has 0 aliphatic heterocycles. The van der Waals surface area contributed by atoms with Gasteiger partial charge >= 0.3 is 4.59 Å². The lowest BCUT2D eigenvalue weighted by atomic mass is 9.50. The molecule has 6 nitrogen and oxygen atoms in total. The highest BCUT2D eigenvalue weighted by molar-refractivity contribution is 8.10. The molecule has 0 saturated heterocycles. The van der Waals surface area contributed by atoms with Gasteiger partial charge in [0.25, 0.3) is 10.0 Å². The van der Waals surface area contributed by atoms with Gasteiger partial charge < -0.3 is 0 Å². The molecular formula is C12H19F2NO5S2. The van der Waals surface area contributed by atoms with Crippen molar-refractivity contribution in [3.63, 3.8) is 0 Å². The molecule has 4 bridgehead atoms. The molecule has 4 rings (SSSR count). The van der Waals surface area contributed by atoms with Crippen molar-refractivity contribution in [2.24, 2.45) is 23.2 Å². The maximum Gasteiger partial charge on any atom is 0.433 e. The van der Waals surface area contributed by atoms with Crippen molar-refractivity contribution in [3.8, 4) is 0 Å². The van der Waals surface area contributed by atoms with Crippen LogP contribution >= 0.6 is 12.0 Å². The van der Waals surface area contributed by atoms with E-state index >= 15 is 0 Å². The van der Waals surface area contributed by atoms with Gasteiger partial charge in [0.1, 0.15) is 12.0 Å². The molecule has 0 heterocycles. The first kappa shape index (κ1) is 16.8. The maximum atomic E-state index is 13.5. The van der Waals surface area contributed by atoms with Gasteiger partial charge in [-0.25, -0.2) is 18.4 Å². The molecule has 0 radical (unpaired) electrons. The number of alkyl halides is 2. The Balaban J connectivity index is 1.64. The summed E-state index contributed by atoms with van der Waals surface area (Å²) in [5, 5.41) is 10.9. The van der Waals surface area contributed by atoms with Crippen LogP contribution in [0.15, 0.2) is 0 Å². The molecule has 0 unspecified atom stereocenters. The minimum Gasteiger partial charge on any atom is -0.220 e. The molecule has 0 aromatic heterocycles. The Kier molecular flexibility index (Phi) is 4.45. The van der Waals surface area contributed by atoms with Crippen LogP contribution in [0, 0.1) is 23.2 Å². The Hall–Kier alpha value is -0.0000000000000000971.